The summed E-state index contributed by atoms with van der Waals surface area (Å²) in [6, 6.07) is 0. The normalized spacial score (nSPS) is 25.9. The number of nitrogens with zero attached hydrogens (tertiary/aromatic N) is 4. The zero-order valence-electron chi connectivity index (χ0n) is 18.0. The topological polar surface area (TPSA) is 233 Å². The average molecular weight is 505 g/mol. The van der Waals surface area contributed by atoms with Gasteiger partial charge in [-0.15, -0.1) is 0 Å². The highest BCUT2D eigenvalue weighted by Crippen LogP contribution is 2.51. The molecule has 1 aliphatic heterocycles. The van der Waals surface area contributed by atoms with Crippen molar-refractivity contribution in [1.29, 1.82) is 0 Å². The van der Waals surface area contributed by atoms with Gasteiger partial charge in [0.1, 0.15) is 30.7 Å². The first-order valence-electron chi connectivity index (χ1n) is 10.7. The van der Waals surface area contributed by atoms with Crippen molar-refractivity contribution in [3.05, 3.63) is 12.0 Å². The molecule has 16 heteroatoms. The molecule has 3 heterocycles. The van der Waals surface area contributed by atoms with Gasteiger partial charge >= 0.3 is 7.60 Å². The highest BCUT2D eigenvalue weighted by atomic mass is 31.2. The minimum atomic E-state index is -5.11. The number of fused-ring (bicyclic) bond motifs is 1. The number of aliphatic hydroxyl groups excluding tert-OH is 5. The summed E-state index contributed by atoms with van der Waals surface area (Å²) < 4.78 is 23.7. The van der Waals surface area contributed by atoms with Crippen molar-refractivity contribution in [2.24, 2.45) is 5.92 Å². The van der Waals surface area contributed by atoms with Crippen LogP contribution in [0.1, 0.15) is 24.9 Å². The molecule has 0 radical (unpaired) electrons. The van der Waals surface area contributed by atoms with Gasteiger partial charge in [-0.1, -0.05) is 0 Å². The fourth-order valence-electron chi connectivity index (χ4n) is 3.64. The summed E-state index contributed by atoms with van der Waals surface area (Å²) in [6.45, 7) is -2.79. The summed E-state index contributed by atoms with van der Waals surface area (Å²) in [5, 5.41) is 54.7. The van der Waals surface area contributed by atoms with E-state index in [0.717, 1.165) is 12.8 Å². The maximum absolute atomic E-state index is 11.7. The number of ether oxygens (including phenoxy) is 2. The number of aromatic nitrogens is 4. The quantitative estimate of drug-likeness (QED) is 0.149. The number of nitrogens with one attached hydrogen (secondary N) is 1. The van der Waals surface area contributed by atoms with E-state index in [0.29, 0.717) is 23.7 Å². The largest absolute Gasteiger partial charge is 0.393 e. The van der Waals surface area contributed by atoms with Crippen LogP contribution in [0.15, 0.2) is 6.20 Å². The molecular weight excluding hydrogens is 477 g/mol. The molecule has 1 saturated carbocycles. The lowest BCUT2D eigenvalue weighted by atomic mass is 10.1. The van der Waals surface area contributed by atoms with Gasteiger partial charge in [0.15, 0.2) is 17.7 Å². The predicted octanol–water partition coefficient (Wildman–Crippen LogP) is -2.37. The molecule has 0 spiro atoms. The van der Waals surface area contributed by atoms with Crippen molar-refractivity contribution in [2.75, 3.05) is 31.7 Å². The maximum atomic E-state index is 11.7. The lowest BCUT2D eigenvalue weighted by Crippen LogP contribution is -2.44. The summed E-state index contributed by atoms with van der Waals surface area (Å²) in [6.07, 6.45) is -1.93. The van der Waals surface area contributed by atoms with Crippen molar-refractivity contribution in [3.8, 4) is 0 Å². The summed E-state index contributed by atoms with van der Waals surface area (Å²) in [4.78, 5) is 27.5. The maximum Gasteiger partial charge on any atom is 0.361 e. The molecular formula is C18H28N5O10P. The Morgan fingerprint density at radius 2 is 1.88 bits per heavy atom. The minimum absolute atomic E-state index is 0.109. The number of aliphatic hydroxyl groups is 5. The highest BCUT2D eigenvalue weighted by molar-refractivity contribution is 7.53. The summed E-state index contributed by atoms with van der Waals surface area (Å²) >= 11 is 0. The van der Waals surface area contributed by atoms with Crippen LogP contribution in [0.2, 0.25) is 0 Å². The van der Waals surface area contributed by atoms with Crippen molar-refractivity contribution in [1.82, 2.24) is 19.7 Å². The molecule has 4 rings (SSSR count). The number of anilines is 1. The number of hydrogen-bond donors (Lipinski definition) is 8. The second-order valence-corrected chi connectivity index (χ2v) is 10.4. The molecule has 2 aromatic rings. The molecule has 0 unspecified atom stereocenters. The van der Waals surface area contributed by atoms with Crippen molar-refractivity contribution in [3.63, 3.8) is 0 Å². The smallest absolute Gasteiger partial charge is 0.361 e. The van der Waals surface area contributed by atoms with Gasteiger partial charge in [0.25, 0.3) is 0 Å². The second-order valence-electron chi connectivity index (χ2n) is 8.46. The highest BCUT2D eigenvalue weighted by Gasteiger charge is 2.51. The van der Waals surface area contributed by atoms with E-state index in [-0.39, 0.29) is 11.5 Å². The lowest BCUT2D eigenvalue weighted by molar-refractivity contribution is -0.121. The first kappa shape index (κ1) is 25.3. The molecule has 1 saturated heterocycles. The van der Waals surface area contributed by atoms with Crippen LogP contribution < -0.4 is 5.32 Å². The molecule has 0 aromatic carbocycles. The molecule has 0 amide bonds. The third-order valence-electron chi connectivity index (χ3n) is 6.02. The van der Waals surface area contributed by atoms with E-state index in [9.17, 15) is 39.9 Å². The number of rotatable bonds is 11. The first-order valence-corrected chi connectivity index (χ1v) is 12.3. The summed E-state index contributed by atoms with van der Waals surface area (Å²) in [7, 11) is -5.11. The van der Waals surface area contributed by atoms with E-state index in [4.69, 9.17) is 9.47 Å². The van der Waals surface area contributed by atoms with Crippen LogP contribution >= 0.6 is 7.60 Å². The van der Waals surface area contributed by atoms with E-state index < -0.39 is 63.9 Å². The van der Waals surface area contributed by atoms with E-state index >= 15 is 0 Å². The lowest BCUT2D eigenvalue weighted by Gasteiger charge is -2.31. The van der Waals surface area contributed by atoms with Gasteiger partial charge < -0.3 is 50.1 Å². The van der Waals surface area contributed by atoms with Crippen LogP contribution in [0.3, 0.4) is 0 Å². The third-order valence-corrected chi connectivity index (χ3v) is 7.49. The standard InChI is InChI=1S/C18H28N5O10P/c24-5-12-21-15(19-3-9-1-2-9)10-4-20-23(16(10)22-12)17-14(28)13(27)11(33-17)6-32-18(7-25,8-26)34(29,30)31/h4,9,11,13-14,17,24-28H,1-3,5-8H2,(H,19,21,22)(H2,29,30,31)/t11-,13-,14-,17-/m1/s1. The Kier molecular flexibility index (Phi) is 7.22. The average Bonchev–Trinajstić information content (AvgIpc) is 3.48. The van der Waals surface area contributed by atoms with Crippen molar-refractivity contribution in [2.45, 2.75) is 49.3 Å². The van der Waals surface area contributed by atoms with E-state index in [1.807, 2.05) is 0 Å². The van der Waals surface area contributed by atoms with E-state index in [1.54, 1.807) is 0 Å². The first-order chi connectivity index (χ1) is 16.1. The fraction of sp³-hybridized carbons (Fsp3) is 0.722. The molecule has 4 atom stereocenters. The Morgan fingerprint density at radius 3 is 2.47 bits per heavy atom. The van der Waals surface area contributed by atoms with Gasteiger partial charge in [0.2, 0.25) is 5.34 Å². The second kappa shape index (κ2) is 9.70. The van der Waals surface area contributed by atoms with Crippen molar-refractivity contribution < 1.29 is 49.4 Å². The fourth-order valence-corrected chi connectivity index (χ4v) is 4.25. The molecule has 2 aromatic heterocycles. The van der Waals surface area contributed by atoms with Gasteiger partial charge in [0, 0.05) is 6.54 Å². The minimum Gasteiger partial charge on any atom is -0.393 e. The Morgan fingerprint density at radius 1 is 1.18 bits per heavy atom. The molecule has 190 valence electrons. The Hall–Kier alpha value is -1.78. The van der Waals surface area contributed by atoms with Gasteiger partial charge in [-0.3, -0.25) is 4.57 Å². The van der Waals surface area contributed by atoms with Crippen molar-refractivity contribution >= 4 is 24.4 Å². The summed E-state index contributed by atoms with van der Waals surface area (Å²) in [5.74, 6) is 1.11. The van der Waals surface area contributed by atoms with Crippen LogP contribution in [-0.2, 0) is 20.6 Å². The SMILES string of the molecule is O=P(O)(O)C(CO)(CO)OC[C@H]1O[C@@H](n2ncc3c(NCC4CC4)nc(CO)nc32)[C@H](O)[C@@H]1O. The number of hydrogen-bond acceptors (Lipinski definition) is 12. The van der Waals surface area contributed by atoms with Crippen LogP contribution in [0.4, 0.5) is 5.82 Å². The monoisotopic (exact) mass is 505 g/mol. The van der Waals surface area contributed by atoms with E-state index in [2.05, 4.69) is 20.4 Å². The third kappa shape index (κ3) is 4.68. The van der Waals surface area contributed by atoms with Crippen LogP contribution in [-0.4, -0.2) is 105 Å². The van der Waals surface area contributed by atoms with E-state index in [1.165, 1.54) is 10.9 Å². The van der Waals surface area contributed by atoms with Crippen LogP contribution in [0.25, 0.3) is 11.0 Å². The Labute approximate surface area is 193 Å². The van der Waals surface area contributed by atoms with Gasteiger partial charge in [-0.25, -0.2) is 14.6 Å². The van der Waals surface area contributed by atoms with Gasteiger partial charge in [-0.05, 0) is 18.8 Å². The molecule has 34 heavy (non-hydrogen) atoms. The Balaban J connectivity index is 1.57. The molecule has 2 aliphatic rings. The Bertz CT molecular complexity index is 1060. The molecule has 1 aliphatic carbocycles. The molecule has 0 bridgehead atoms. The zero-order chi connectivity index (χ0) is 24.7. The molecule has 8 N–H and O–H groups in total. The van der Waals surface area contributed by atoms with Gasteiger partial charge in [-0.2, -0.15) is 5.10 Å². The van der Waals surface area contributed by atoms with Crippen LogP contribution in [0, 0.1) is 5.92 Å². The summed E-state index contributed by atoms with van der Waals surface area (Å²) in [5.41, 5.74) is 0.227. The molecule has 2 fully saturated rings. The predicted molar refractivity (Wildman–Crippen MR) is 113 cm³/mol. The van der Waals surface area contributed by atoms with Crippen LogP contribution in [0.5, 0.6) is 0 Å². The zero-order valence-corrected chi connectivity index (χ0v) is 18.9. The molecule has 15 nitrogen and oxygen atoms in total. The van der Waals surface area contributed by atoms with Gasteiger partial charge in [0.05, 0.1) is 31.4 Å².